The lowest BCUT2D eigenvalue weighted by atomic mass is 10.1. The molecule has 0 spiro atoms. The first-order chi connectivity index (χ1) is 13.9. The highest BCUT2D eigenvalue weighted by atomic mass is 19.1. The van der Waals surface area contributed by atoms with Gasteiger partial charge in [-0.2, -0.15) is 0 Å². The number of carbonyl (C=O) groups excluding carboxylic acids is 3. The molecule has 1 aliphatic heterocycles. The number of piperazine rings is 1. The van der Waals surface area contributed by atoms with Crippen molar-refractivity contribution in [2.45, 2.75) is 6.92 Å². The summed E-state index contributed by atoms with van der Waals surface area (Å²) in [6.45, 7) is 2.44. The van der Waals surface area contributed by atoms with Crippen LogP contribution in [0.5, 0.6) is 0 Å². The van der Waals surface area contributed by atoms with E-state index in [4.69, 9.17) is 10.5 Å². The largest absolute Gasteiger partial charge is 0.451 e. The van der Waals surface area contributed by atoms with Crippen LogP contribution in [0.3, 0.4) is 0 Å². The van der Waals surface area contributed by atoms with E-state index in [2.05, 4.69) is 9.97 Å². The molecule has 29 heavy (non-hydrogen) atoms. The highest BCUT2D eigenvalue weighted by molar-refractivity contribution is 5.94. The Bertz CT molecular complexity index is 944. The third kappa shape index (κ3) is 4.65. The number of aromatic nitrogens is 2. The Hall–Kier alpha value is -3.56. The van der Waals surface area contributed by atoms with Crippen molar-refractivity contribution in [2.24, 2.45) is 0 Å². The summed E-state index contributed by atoms with van der Waals surface area (Å²) in [5.41, 5.74) is 6.10. The van der Waals surface area contributed by atoms with Gasteiger partial charge in [0.2, 0.25) is 0 Å². The molecule has 1 saturated heterocycles. The molecule has 1 amide bonds. The molecule has 2 N–H and O–H groups in total. The molecular formula is C19H20FN5O4. The molecule has 1 aromatic heterocycles. The number of hydrogen-bond acceptors (Lipinski definition) is 8. The molecule has 9 nitrogen and oxygen atoms in total. The van der Waals surface area contributed by atoms with E-state index in [-0.39, 0.29) is 23.2 Å². The number of nitrogen functional groups attached to an aromatic ring is 1. The molecule has 152 valence electrons. The van der Waals surface area contributed by atoms with Crippen LogP contribution in [-0.4, -0.2) is 65.3 Å². The maximum absolute atomic E-state index is 14.3. The predicted octanol–water partition coefficient (Wildman–Crippen LogP) is 0.906. The molecule has 0 saturated carbocycles. The number of benzene rings is 1. The molecule has 10 heteroatoms. The number of ketones is 1. The SMILES string of the molecule is CC(=O)c1ccc(N2CCN(C(=O)COC(=O)c3nccnc3N)CC2)c(F)c1. The Kier molecular flexibility index (Phi) is 6.01. The minimum atomic E-state index is -0.824. The Morgan fingerprint density at radius 3 is 2.45 bits per heavy atom. The molecule has 0 aliphatic carbocycles. The number of anilines is 2. The van der Waals surface area contributed by atoms with Gasteiger partial charge in [0.15, 0.2) is 23.9 Å². The number of rotatable bonds is 5. The van der Waals surface area contributed by atoms with E-state index < -0.39 is 18.4 Å². The van der Waals surface area contributed by atoms with Gasteiger partial charge in [0, 0.05) is 44.1 Å². The summed E-state index contributed by atoms with van der Waals surface area (Å²) in [5, 5.41) is 0. The second-order valence-electron chi connectivity index (χ2n) is 6.46. The first-order valence-corrected chi connectivity index (χ1v) is 8.93. The van der Waals surface area contributed by atoms with E-state index in [1.165, 1.54) is 30.3 Å². The quantitative estimate of drug-likeness (QED) is 0.580. The zero-order valence-electron chi connectivity index (χ0n) is 15.8. The van der Waals surface area contributed by atoms with Crippen LogP contribution in [0.25, 0.3) is 0 Å². The summed E-state index contributed by atoms with van der Waals surface area (Å²) in [6.07, 6.45) is 2.64. The van der Waals surface area contributed by atoms with Crippen LogP contribution in [0, 0.1) is 5.82 Å². The number of carbonyl (C=O) groups is 3. The molecule has 3 rings (SSSR count). The van der Waals surface area contributed by atoms with Crippen LogP contribution >= 0.6 is 0 Å². The fraction of sp³-hybridized carbons (Fsp3) is 0.316. The molecule has 0 atom stereocenters. The van der Waals surface area contributed by atoms with Crippen molar-refractivity contribution in [1.29, 1.82) is 0 Å². The molecule has 0 bridgehead atoms. The molecule has 2 aromatic rings. The van der Waals surface area contributed by atoms with Crippen LogP contribution in [-0.2, 0) is 9.53 Å². The number of halogens is 1. The van der Waals surface area contributed by atoms with Gasteiger partial charge < -0.3 is 20.3 Å². The maximum atomic E-state index is 14.3. The monoisotopic (exact) mass is 401 g/mol. The minimum Gasteiger partial charge on any atom is -0.451 e. The average molecular weight is 401 g/mol. The summed E-state index contributed by atoms with van der Waals surface area (Å²) in [4.78, 5) is 46.5. The molecule has 1 fully saturated rings. The molecule has 0 unspecified atom stereocenters. The standard InChI is InChI=1S/C19H20FN5O4/c1-12(26)13-2-3-15(14(20)10-13)24-6-8-25(9-7-24)16(27)11-29-19(28)17-18(21)23-5-4-22-17/h2-5,10H,6-9,11H2,1H3,(H2,21,23). The Labute approximate surface area is 166 Å². The first kappa shape index (κ1) is 20.2. The summed E-state index contributed by atoms with van der Waals surface area (Å²) in [5.74, 6) is -1.95. The van der Waals surface area contributed by atoms with Gasteiger partial charge in [-0.05, 0) is 25.1 Å². The van der Waals surface area contributed by atoms with E-state index in [9.17, 15) is 18.8 Å². The molecule has 0 radical (unpaired) electrons. The second-order valence-corrected chi connectivity index (χ2v) is 6.46. The maximum Gasteiger partial charge on any atom is 0.361 e. The lowest BCUT2D eigenvalue weighted by Crippen LogP contribution is -2.50. The number of hydrogen-bond donors (Lipinski definition) is 1. The summed E-state index contributed by atoms with van der Waals surface area (Å²) in [7, 11) is 0. The molecular weight excluding hydrogens is 381 g/mol. The van der Waals surface area contributed by atoms with Crippen molar-refractivity contribution in [3.63, 3.8) is 0 Å². The summed E-state index contributed by atoms with van der Waals surface area (Å²) >= 11 is 0. The average Bonchev–Trinajstić information content (AvgIpc) is 2.72. The minimum absolute atomic E-state index is 0.0728. The van der Waals surface area contributed by atoms with Crippen molar-refractivity contribution < 1.29 is 23.5 Å². The van der Waals surface area contributed by atoms with Crippen molar-refractivity contribution in [3.05, 3.63) is 47.7 Å². The third-order valence-corrected chi connectivity index (χ3v) is 4.57. The van der Waals surface area contributed by atoms with E-state index in [0.29, 0.717) is 37.4 Å². The van der Waals surface area contributed by atoms with Crippen molar-refractivity contribution in [3.8, 4) is 0 Å². The van der Waals surface area contributed by atoms with Crippen LogP contribution in [0.2, 0.25) is 0 Å². The number of amides is 1. The number of nitrogens with zero attached hydrogens (tertiary/aromatic N) is 4. The smallest absolute Gasteiger partial charge is 0.361 e. The second kappa shape index (κ2) is 8.63. The topological polar surface area (TPSA) is 119 Å². The van der Waals surface area contributed by atoms with Gasteiger partial charge in [0.05, 0.1) is 5.69 Å². The van der Waals surface area contributed by atoms with E-state index in [1.54, 1.807) is 17.0 Å². The van der Waals surface area contributed by atoms with Crippen molar-refractivity contribution >= 4 is 29.2 Å². The van der Waals surface area contributed by atoms with Crippen LogP contribution < -0.4 is 10.6 Å². The van der Waals surface area contributed by atoms with Crippen molar-refractivity contribution in [2.75, 3.05) is 43.4 Å². The third-order valence-electron chi connectivity index (χ3n) is 4.57. The zero-order chi connectivity index (χ0) is 21.0. The number of Topliss-reactive ketones (excluding diaryl/α,β-unsaturated/α-hetero) is 1. The van der Waals surface area contributed by atoms with E-state index in [1.807, 2.05) is 0 Å². The van der Waals surface area contributed by atoms with Gasteiger partial charge in [-0.3, -0.25) is 9.59 Å². The Morgan fingerprint density at radius 1 is 1.14 bits per heavy atom. The lowest BCUT2D eigenvalue weighted by Gasteiger charge is -2.36. The zero-order valence-corrected chi connectivity index (χ0v) is 15.8. The van der Waals surface area contributed by atoms with Gasteiger partial charge in [-0.25, -0.2) is 19.2 Å². The van der Waals surface area contributed by atoms with Crippen molar-refractivity contribution in [1.82, 2.24) is 14.9 Å². The molecule has 1 aromatic carbocycles. The first-order valence-electron chi connectivity index (χ1n) is 8.93. The predicted molar refractivity (Wildman–Crippen MR) is 102 cm³/mol. The van der Waals surface area contributed by atoms with Gasteiger partial charge in [0.1, 0.15) is 5.82 Å². The van der Waals surface area contributed by atoms with Crippen LogP contribution in [0.15, 0.2) is 30.6 Å². The summed E-state index contributed by atoms with van der Waals surface area (Å²) < 4.78 is 19.3. The van der Waals surface area contributed by atoms with Gasteiger partial charge in [-0.15, -0.1) is 0 Å². The highest BCUT2D eigenvalue weighted by Crippen LogP contribution is 2.22. The fourth-order valence-electron chi connectivity index (χ4n) is 2.97. The Balaban J connectivity index is 1.53. The normalized spacial score (nSPS) is 13.9. The van der Waals surface area contributed by atoms with Crippen LogP contribution in [0.1, 0.15) is 27.8 Å². The Morgan fingerprint density at radius 2 is 1.83 bits per heavy atom. The van der Waals surface area contributed by atoms with Gasteiger partial charge >= 0.3 is 5.97 Å². The number of nitrogens with two attached hydrogens (primary N) is 1. The number of esters is 1. The van der Waals surface area contributed by atoms with Crippen LogP contribution in [0.4, 0.5) is 15.9 Å². The van der Waals surface area contributed by atoms with E-state index >= 15 is 0 Å². The van der Waals surface area contributed by atoms with Gasteiger partial charge in [0.25, 0.3) is 5.91 Å². The molecule has 1 aliphatic rings. The lowest BCUT2D eigenvalue weighted by molar-refractivity contribution is -0.134. The fourth-order valence-corrected chi connectivity index (χ4v) is 2.97. The highest BCUT2D eigenvalue weighted by Gasteiger charge is 2.24. The summed E-state index contributed by atoms with van der Waals surface area (Å²) in [6, 6.07) is 4.36. The number of ether oxygens (including phenoxy) is 1. The molecule has 2 heterocycles. The van der Waals surface area contributed by atoms with E-state index in [0.717, 1.165) is 0 Å². The van der Waals surface area contributed by atoms with Gasteiger partial charge in [-0.1, -0.05) is 0 Å².